The average Bonchev–Trinajstić information content (AvgIpc) is 3.24. The van der Waals surface area contributed by atoms with E-state index in [0.29, 0.717) is 50.4 Å². The van der Waals surface area contributed by atoms with Crippen LogP contribution < -0.4 is 4.74 Å². The van der Waals surface area contributed by atoms with Crippen LogP contribution in [-0.2, 0) is 34.0 Å². The maximum atomic E-state index is 13.1. The van der Waals surface area contributed by atoms with E-state index in [9.17, 15) is 19.2 Å². The van der Waals surface area contributed by atoms with Crippen LogP contribution in [0.4, 0.5) is 4.79 Å². The Kier molecular flexibility index (Phi) is 7.94. The number of hydrogen-bond acceptors (Lipinski definition) is 7. The second-order valence-electron chi connectivity index (χ2n) is 11.8. The molecule has 40 heavy (non-hydrogen) atoms. The molecule has 2 heterocycles. The monoisotopic (exact) mass is 547 g/mol. The normalized spacial score (nSPS) is 20.1. The summed E-state index contributed by atoms with van der Waals surface area (Å²) in [5.41, 5.74) is 3.06. The summed E-state index contributed by atoms with van der Waals surface area (Å²) in [6.45, 7) is 9.99. The molecule has 1 unspecified atom stereocenters. The van der Waals surface area contributed by atoms with Crippen LogP contribution >= 0.6 is 0 Å². The summed E-state index contributed by atoms with van der Waals surface area (Å²) in [6, 6.07) is 13.2. The highest BCUT2D eigenvalue weighted by molar-refractivity contribution is 6.07. The van der Waals surface area contributed by atoms with E-state index in [2.05, 4.69) is 17.0 Å². The van der Waals surface area contributed by atoms with E-state index in [4.69, 9.17) is 9.47 Å². The second kappa shape index (κ2) is 11.4. The first-order chi connectivity index (χ1) is 19.1. The summed E-state index contributed by atoms with van der Waals surface area (Å²) in [5, 5.41) is 0. The molecule has 0 spiro atoms. The molecule has 9 heteroatoms. The van der Waals surface area contributed by atoms with Crippen molar-refractivity contribution in [1.82, 2.24) is 14.7 Å². The molecule has 9 nitrogen and oxygen atoms in total. The Morgan fingerprint density at radius 1 is 0.950 bits per heavy atom. The van der Waals surface area contributed by atoms with E-state index in [-0.39, 0.29) is 30.0 Å². The quantitative estimate of drug-likeness (QED) is 0.505. The molecule has 2 aromatic carbocycles. The smallest absolute Gasteiger partial charge is 0.410 e. The lowest BCUT2D eigenvalue weighted by Crippen LogP contribution is -2.49. The van der Waals surface area contributed by atoms with E-state index in [1.807, 2.05) is 39.0 Å². The lowest BCUT2D eigenvalue weighted by Gasteiger charge is -2.35. The van der Waals surface area contributed by atoms with E-state index >= 15 is 0 Å². The van der Waals surface area contributed by atoms with Gasteiger partial charge in [-0.25, -0.2) is 4.79 Å². The predicted octanol–water partition coefficient (Wildman–Crippen LogP) is 3.96. The van der Waals surface area contributed by atoms with Gasteiger partial charge in [-0.15, -0.1) is 0 Å². The molecule has 1 aliphatic carbocycles. The third-order valence-corrected chi connectivity index (χ3v) is 7.62. The number of nitrogens with zero attached hydrogens (tertiary/aromatic N) is 3. The number of benzene rings is 2. The van der Waals surface area contributed by atoms with Gasteiger partial charge >= 0.3 is 6.09 Å². The van der Waals surface area contributed by atoms with Crippen molar-refractivity contribution in [2.24, 2.45) is 0 Å². The SMILES string of the molecule is CC(C)(C)OC(=O)N1CCN(Cc2ccc(COc3cccc4c3CN(C3CCC(=O)CC3=O)C4=O)cc2)CC1. The Bertz CT molecular complexity index is 1290. The Balaban J connectivity index is 1.13. The Morgan fingerprint density at radius 3 is 2.33 bits per heavy atom. The van der Waals surface area contributed by atoms with Crippen molar-refractivity contribution >= 4 is 23.6 Å². The van der Waals surface area contributed by atoms with Gasteiger partial charge in [-0.3, -0.25) is 19.3 Å². The molecule has 3 aliphatic rings. The third-order valence-electron chi connectivity index (χ3n) is 7.62. The standard InChI is InChI=1S/C31H37N3O6/c1-31(2,3)40-30(38)33-15-13-32(14-16-33)18-21-7-9-22(10-8-21)20-39-28-6-4-5-24-25(28)19-34(29(24)37)26-12-11-23(35)17-27(26)36/h4-10,26H,11-20H2,1-3H3. The van der Waals surface area contributed by atoms with Gasteiger partial charge in [0, 0.05) is 50.3 Å². The summed E-state index contributed by atoms with van der Waals surface area (Å²) in [4.78, 5) is 55.1. The number of ether oxygens (including phenoxy) is 2. The minimum Gasteiger partial charge on any atom is -0.489 e. The van der Waals surface area contributed by atoms with Gasteiger partial charge in [0.2, 0.25) is 0 Å². The lowest BCUT2D eigenvalue weighted by atomic mass is 9.92. The van der Waals surface area contributed by atoms with Crippen LogP contribution in [0.5, 0.6) is 5.75 Å². The van der Waals surface area contributed by atoms with Crippen molar-refractivity contribution in [2.75, 3.05) is 26.2 Å². The first kappa shape index (κ1) is 27.8. The van der Waals surface area contributed by atoms with E-state index < -0.39 is 11.6 Å². The van der Waals surface area contributed by atoms with Crippen LogP contribution in [0.2, 0.25) is 0 Å². The van der Waals surface area contributed by atoms with Crippen LogP contribution in [-0.4, -0.2) is 76.1 Å². The fourth-order valence-electron chi connectivity index (χ4n) is 5.48. The minimum absolute atomic E-state index is 0.0544. The Hall–Kier alpha value is -3.72. The second-order valence-corrected chi connectivity index (χ2v) is 11.8. The molecule has 2 aliphatic heterocycles. The molecule has 1 atom stereocenters. The summed E-state index contributed by atoms with van der Waals surface area (Å²) < 4.78 is 11.6. The van der Waals surface area contributed by atoms with Gasteiger partial charge in [-0.05, 0) is 50.5 Å². The van der Waals surface area contributed by atoms with Crippen LogP contribution in [0.1, 0.15) is 67.1 Å². The topological polar surface area (TPSA) is 96.5 Å². The summed E-state index contributed by atoms with van der Waals surface area (Å²) >= 11 is 0. The van der Waals surface area contributed by atoms with Gasteiger partial charge < -0.3 is 19.3 Å². The number of rotatable bonds is 6. The maximum absolute atomic E-state index is 13.1. The first-order valence-electron chi connectivity index (χ1n) is 14.0. The van der Waals surface area contributed by atoms with Gasteiger partial charge in [-0.2, -0.15) is 0 Å². The van der Waals surface area contributed by atoms with Crippen LogP contribution in [0, 0.1) is 0 Å². The lowest BCUT2D eigenvalue weighted by molar-refractivity contribution is -0.133. The number of hydrogen-bond donors (Lipinski definition) is 0. The van der Waals surface area contributed by atoms with E-state index in [1.54, 1.807) is 21.9 Å². The van der Waals surface area contributed by atoms with E-state index in [0.717, 1.165) is 30.8 Å². The molecule has 0 aromatic heterocycles. The zero-order valence-corrected chi connectivity index (χ0v) is 23.5. The van der Waals surface area contributed by atoms with Gasteiger partial charge in [0.05, 0.1) is 19.0 Å². The van der Waals surface area contributed by atoms with Crippen molar-refractivity contribution in [2.45, 2.75) is 71.4 Å². The molecule has 212 valence electrons. The molecule has 0 radical (unpaired) electrons. The zero-order valence-electron chi connectivity index (χ0n) is 23.5. The zero-order chi connectivity index (χ0) is 28.4. The summed E-state index contributed by atoms with van der Waals surface area (Å²) in [5.74, 6) is 0.232. The fourth-order valence-corrected chi connectivity index (χ4v) is 5.48. The minimum atomic E-state index is -0.543. The highest BCUT2D eigenvalue weighted by Gasteiger charge is 2.40. The number of amides is 2. The highest BCUT2D eigenvalue weighted by Crippen LogP contribution is 2.34. The predicted molar refractivity (Wildman–Crippen MR) is 148 cm³/mol. The third kappa shape index (κ3) is 6.36. The maximum Gasteiger partial charge on any atom is 0.410 e. The molecule has 1 saturated carbocycles. The number of ketones is 2. The Morgan fingerprint density at radius 2 is 1.65 bits per heavy atom. The summed E-state index contributed by atoms with van der Waals surface area (Å²) in [7, 11) is 0. The summed E-state index contributed by atoms with van der Waals surface area (Å²) in [6.07, 6.45) is 0.376. The first-order valence-corrected chi connectivity index (χ1v) is 14.0. The van der Waals surface area contributed by atoms with Gasteiger partial charge in [0.25, 0.3) is 5.91 Å². The fraction of sp³-hybridized carbons (Fsp3) is 0.484. The number of piperazine rings is 1. The van der Waals surface area contributed by atoms with Crippen molar-refractivity contribution in [3.63, 3.8) is 0 Å². The van der Waals surface area contributed by atoms with Crippen molar-refractivity contribution < 1.29 is 28.7 Å². The van der Waals surface area contributed by atoms with Crippen molar-refractivity contribution in [3.05, 3.63) is 64.7 Å². The van der Waals surface area contributed by atoms with Crippen LogP contribution in [0.15, 0.2) is 42.5 Å². The van der Waals surface area contributed by atoms with Crippen molar-refractivity contribution in [3.8, 4) is 5.75 Å². The molecule has 0 bridgehead atoms. The van der Waals surface area contributed by atoms with Gasteiger partial charge in [0.15, 0.2) is 5.78 Å². The molecular formula is C31H37N3O6. The number of carbonyl (C=O) groups is 4. The van der Waals surface area contributed by atoms with Crippen molar-refractivity contribution in [1.29, 1.82) is 0 Å². The molecular weight excluding hydrogens is 510 g/mol. The van der Waals surface area contributed by atoms with Crippen LogP contribution in [0.25, 0.3) is 0 Å². The number of Topliss-reactive ketones (excluding diaryl/α,β-unsaturated/α-hetero) is 2. The molecule has 2 aromatic rings. The molecule has 2 amide bonds. The molecule has 1 saturated heterocycles. The Labute approximate surface area is 235 Å². The molecule has 2 fully saturated rings. The van der Waals surface area contributed by atoms with Gasteiger partial charge in [-0.1, -0.05) is 30.3 Å². The van der Waals surface area contributed by atoms with Crippen LogP contribution in [0.3, 0.4) is 0 Å². The average molecular weight is 548 g/mol. The number of carbonyl (C=O) groups excluding carboxylic acids is 4. The molecule has 0 N–H and O–H groups in total. The van der Waals surface area contributed by atoms with Gasteiger partial charge in [0.1, 0.15) is 23.7 Å². The number of fused-ring (bicyclic) bond motifs is 1. The molecule has 5 rings (SSSR count). The largest absolute Gasteiger partial charge is 0.489 e. The van der Waals surface area contributed by atoms with E-state index in [1.165, 1.54) is 5.56 Å². The highest BCUT2D eigenvalue weighted by atomic mass is 16.6.